The Kier molecular flexibility index (Phi) is 4.02. The number of fused-ring (bicyclic) bond motifs is 1. The van der Waals surface area contributed by atoms with E-state index >= 15 is 0 Å². The molecule has 2 nitrogen and oxygen atoms in total. The van der Waals surface area contributed by atoms with Crippen molar-refractivity contribution in [3.05, 3.63) is 0 Å². The van der Waals surface area contributed by atoms with Crippen molar-refractivity contribution in [2.24, 2.45) is 5.92 Å². The summed E-state index contributed by atoms with van der Waals surface area (Å²) in [5.41, 5.74) is 0. The summed E-state index contributed by atoms with van der Waals surface area (Å²) in [6, 6.07) is 0.896. The molecule has 3 fully saturated rings. The number of nitrogens with zero attached hydrogens (tertiary/aromatic N) is 2. The number of rotatable bonds is 3. The van der Waals surface area contributed by atoms with Crippen molar-refractivity contribution in [2.75, 3.05) is 32.7 Å². The molecule has 0 radical (unpaired) electrons. The van der Waals surface area contributed by atoms with Crippen LogP contribution in [0, 0.1) is 5.92 Å². The highest BCUT2D eigenvalue weighted by Crippen LogP contribution is 2.30. The molecule has 1 atom stereocenters. The van der Waals surface area contributed by atoms with Gasteiger partial charge < -0.3 is 4.90 Å². The number of piperidine rings is 1. The van der Waals surface area contributed by atoms with E-state index in [1.165, 1.54) is 84.1 Å². The van der Waals surface area contributed by atoms with Gasteiger partial charge in [-0.25, -0.2) is 0 Å². The van der Waals surface area contributed by atoms with Gasteiger partial charge in [0.25, 0.3) is 0 Å². The van der Waals surface area contributed by atoms with E-state index in [1.807, 2.05) is 0 Å². The summed E-state index contributed by atoms with van der Waals surface area (Å²) < 4.78 is 0. The van der Waals surface area contributed by atoms with Crippen molar-refractivity contribution in [2.45, 2.75) is 57.4 Å². The molecule has 0 N–H and O–H groups in total. The van der Waals surface area contributed by atoms with Crippen LogP contribution in [-0.4, -0.2) is 48.6 Å². The maximum atomic E-state index is 2.77. The molecular weight excluding hydrogens is 208 g/mol. The lowest BCUT2D eigenvalue weighted by Crippen LogP contribution is -2.44. The molecular formula is C15H28N2. The molecule has 3 rings (SSSR count). The third-order valence-corrected chi connectivity index (χ3v) is 5.22. The molecule has 0 spiro atoms. The highest BCUT2D eigenvalue weighted by Gasteiger charge is 2.27. The predicted molar refractivity (Wildman–Crippen MR) is 72.2 cm³/mol. The fourth-order valence-electron chi connectivity index (χ4n) is 3.80. The maximum Gasteiger partial charge on any atom is 0.0223 e. The molecule has 3 aliphatic rings. The standard InChI is InChI=1S/C15H28N2/c1-2-10-17-11-4-9-16(13-15(17)7-1)12-8-14-5-3-6-14/h14-15H,1-13H2. The second-order valence-corrected chi connectivity index (χ2v) is 6.43. The van der Waals surface area contributed by atoms with Gasteiger partial charge in [0.1, 0.15) is 0 Å². The van der Waals surface area contributed by atoms with Crippen LogP contribution in [0.15, 0.2) is 0 Å². The molecule has 0 aromatic heterocycles. The van der Waals surface area contributed by atoms with Crippen molar-refractivity contribution in [1.29, 1.82) is 0 Å². The van der Waals surface area contributed by atoms with E-state index in [0.29, 0.717) is 0 Å². The molecule has 2 heteroatoms. The summed E-state index contributed by atoms with van der Waals surface area (Å²) in [5.74, 6) is 1.08. The van der Waals surface area contributed by atoms with E-state index in [9.17, 15) is 0 Å². The molecule has 0 bridgehead atoms. The van der Waals surface area contributed by atoms with Crippen LogP contribution < -0.4 is 0 Å². The Labute approximate surface area is 106 Å². The Hall–Kier alpha value is -0.0800. The average molecular weight is 236 g/mol. The molecule has 1 aliphatic carbocycles. The molecule has 1 saturated carbocycles. The van der Waals surface area contributed by atoms with Gasteiger partial charge in [-0.15, -0.1) is 0 Å². The lowest BCUT2D eigenvalue weighted by Gasteiger charge is -2.36. The molecule has 0 amide bonds. The Morgan fingerprint density at radius 1 is 0.824 bits per heavy atom. The molecule has 2 heterocycles. The largest absolute Gasteiger partial charge is 0.302 e. The average Bonchev–Trinajstić information content (AvgIpc) is 2.48. The smallest absolute Gasteiger partial charge is 0.0223 e. The van der Waals surface area contributed by atoms with Gasteiger partial charge in [0.2, 0.25) is 0 Å². The van der Waals surface area contributed by atoms with Gasteiger partial charge in [0, 0.05) is 12.6 Å². The van der Waals surface area contributed by atoms with Gasteiger partial charge in [-0.2, -0.15) is 0 Å². The third-order valence-electron chi connectivity index (χ3n) is 5.22. The van der Waals surface area contributed by atoms with Crippen molar-refractivity contribution >= 4 is 0 Å². The monoisotopic (exact) mass is 236 g/mol. The van der Waals surface area contributed by atoms with Gasteiger partial charge in [0.05, 0.1) is 0 Å². The van der Waals surface area contributed by atoms with Crippen LogP contribution in [0.2, 0.25) is 0 Å². The molecule has 0 aromatic rings. The first kappa shape index (κ1) is 12.0. The highest BCUT2D eigenvalue weighted by molar-refractivity contribution is 4.83. The minimum Gasteiger partial charge on any atom is -0.302 e. The van der Waals surface area contributed by atoms with Crippen LogP contribution >= 0.6 is 0 Å². The highest BCUT2D eigenvalue weighted by atomic mass is 15.2. The van der Waals surface area contributed by atoms with E-state index in [1.54, 1.807) is 0 Å². The minimum absolute atomic E-state index is 0.896. The Morgan fingerprint density at radius 2 is 1.71 bits per heavy atom. The van der Waals surface area contributed by atoms with E-state index in [4.69, 9.17) is 0 Å². The molecule has 17 heavy (non-hydrogen) atoms. The lowest BCUT2D eigenvalue weighted by molar-refractivity contribution is 0.131. The van der Waals surface area contributed by atoms with Crippen LogP contribution in [0.3, 0.4) is 0 Å². The van der Waals surface area contributed by atoms with Crippen LogP contribution in [0.5, 0.6) is 0 Å². The predicted octanol–water partition coefficient (Wildman–Crippen LogP) is 2.74. The zero-order valence-electron chi connectivity index (χ0n) is 11.2. The molecule has 2 saturated heterocycles. The topological polar surface area (TPSA) is 6.48 Å². The van der Waals surface area contributed by atoms with Crippen LogP contribution in [-0.2, 0) is 0 Å². The van der Waals surface area contributed by atoms with E-state index < -0.39 is 0 Å². The molecule has 98 valence electrons. The van der Waals surface area contributed by atoms with Crippen molar-refractivity contribution in [3.63, 3.8) is 0 Å². The first-order valence-corrected chi connectivity index (χ1v) is 7.88. The Bertz CT molecular complexity index is 237. The van der Waals surface area contributed by atoms with Gasteiger partial charge in [-0.1, -0.05) is 25.7 Å². The third kappa shape index (κ3) is 3.03. The number of hydrogen-bond acceptors (Lipinski definition) is 2. The number of hydrogen-bond donors (Lipinski definition) is 0. The Morgan fingerprint density at radius 3 is 2.53 bits per heavy atom. The summed E-state index contributed by atoms with van der Waals surface area (Å²) in [6.07, 6.45) is 11.8. The summed E-state index contributed by atoms with van der Waals surface area (Å²) >= 11 is 0. The first-order valence-electron chi connectivity index (χ1n) is 7.88. The van der Waals surface area contributed by atoms with Gasteiger partial charge in [-0.3, -0.25) is 4.90 Å². The van der Waals surface area contributed by atoms with Crippen LogP contribution in [0.1, 0.15) is 51.4 Å². The second-order valence-electron chi connectivity index (χ2n) is 6.43. The van der Waals surface area contributed by atoms with Crippen molar-refractivity contribution in [1.82, 2.24) is 9.80 Å². The minimum atomic E-state index is 0.896. The summed E-state index contributed by atoms with van der Waals surface area (Å²) in [7, 11) is 0. The zero-order valence-corrected chi connectivity index (χ0v) is 11.2. The Balaban J connectivity index is 1.47. The summed E-state index contributed by atoms with van der Waals surface area (Å²) in [5, 5.41) is 0. The van der Waals surface area contributed by atoms with E-state index in [0.717, 1.165) is 12.0 Å². The normalized spacial score (nSPS) is 32.8. The van der Waals surface area contributed by atoms with Crippen LogP contribution in [0.4, 0.5) is 0 Å². The molecule has 0 aromatic carbocycles. The van der Waals surface area contributed by atoms with Gasteiger partial charge in [-0.05, 0) is 57.8 Å². The first-order chi connectivity index (χ1) is 8.42. The maximum absolute atomic E-state index is 2.77. The quantitative estimate of drug-likeness (QED) is 0.743. The summed E-state index contributed by atoms with van der Waals surface area (Å²) in [6.45, 7) is 6.85. The van der Waals surface area contributed by atoms with Crippen LogP contribution in [0.25, 0.3) is 0 Å². The van der Waals surface area contributed by atoms with E-state index in [2.05, 4.69) is 9.80 Å². The molecule has 1 unspecified atom stereocenters. The fraction of sp³-hybridized carbons (Fsp3) is 1.00. The van der Waals surface area contributed by atoms with Gasteiger partial charge >= 0.3 is 0 Å². The summed E-state index contributed by atoms with van der Waals surface area (Å²) in [4.78, 5) is 5.54. The lowest BCUT2D eigenvalue weighted by atomic mass is 9.83. The SMILES string of the molecule is C1CC(CCN2CCCN3CCCCC3C2)C1. The second kappa shape index (κ2) is 5.71. The van der Waals surface area contributed by atoms with Crippen molar-refractivity contribution < 1.29 is 0 Å². The molecule has 2 aliphatic heterocycles. The van der Waals surface area contributed by atoms with E-state index in [-0.39, 0.29) is 0 Å². The van der Waals surface area contributed by atoms with Crippen molar-refractivity contribution in [3.8, 4) is 0 Å². The zero-order chi connectivity index (χ0) is 11.5. The fourth-order valence-corrected chi connectivity index (χ4v) is 3.80. The van der Waals surface area contributed by atoms with Gasteiger partial charge in [0.15, 0.2) is 0 Å².